The average Bonchev–Trinajstić information content (AvgIpc) is 2.33. The molecule has 0 spiro atoms. The Hall–Kier alpha value is -1.28. The van der Waals surface area contributed by atoms with Crippen LogP contribution < -0.4 is 0 Å². The van der Waals surface area contributed by atoms with Gasteiger partial charge in [-0.2, -0.15) is 0 Å². The summed E-state index contributed by atoms with van der Waals surface area (Å²) in [5.41, 5.74) is 2.50. The standard InChI is InChI=1S/C14H15NS/c1-2-16-14-9-4-3-7-12(14)11-13-8-5-6-10-15-13/h3-10H,2,11H2,1H3. The van der Waals surface area contributed by atoms with E-state index in [0.717, 1.165) is 17.9 Å². The first kappa shape index (κ1) is 11.2. The number of hydrogen-bond acceptors (Lipinski definition) is 2. The summed E-state index contributed by atoms with van der Waals surface area (Å²) in [6.45, 7) is 2.18. The zero-order valence-electron chi connectivity index (χ0n) is 9.39. The monoisotopic (exact) mass is 229 g/mol. The Morgan fingerprint density at radius 1 is 1.06 bits per heavy atom. The van der Waals surface area contributed by atoms with Gasteiger partial charge in [0.2, 0.25) is 0 Å². The van der Waals surface area contributed by atoms with E-state index in [1.54, 1.807) is 0 Å². The van der Waals surface area contributed by atoms with Gasteiger partial charge in [-0.1, -0.05) is 31.2 Å². The van der Waals surface area contributed by atoms with Crippen molar-refractivity contribution in [3.63, 3.8) is 0 Å². The van der Waals surface area contributed by atoms with Gasteiger partial charge in [0.15, 0.2) is 0 Å². The van der Waals surface area contributed by atoms with E-state index in [4.69, 9.17) is 0 Å². The molecule has 0 amide bonds. The van der Waals surface area contributed by atoms with Crippen molar-refractivity contribution in [3.8, 4) is 0 Å². The Labute approximate surface area is 101 Å². The molecular weight excluding hydrogens is 214 g/mol. The molecule has 1 nitrogen and oxygen atoms in total. The van der Waals surface area contributed by atoms with E-state index in [2.05, 4.69) is 42.2 Å². The first-order valence-electron chi connectivity index (χ1n) is 5.50. The molecule has 0 unspecified atom stereocenters. The summed E-state index contributed by atoms with van der Waals surface area (Å²) in [6.07, 6.45) is 2.77. The van der Waals surface area contributed by atoms with Crippen molar-refractivity contribution < 1.29 is 0 Å². The largest absolute Gasteiger partial charge is 0.261 e. The molecule has 1 aromatic heterocycles. The lowest BCUT2D eigenvalue weighted by molar-refractivity contribution is 1.04. The Morgan fingerprint density at radius 3 is 2.62 bits per heavy atom. The van der Waals surface area contributed by atoms with Gasteiger partial charge in [0, 0.05) is 23.2 Å². The van der Waals surface area contributed by atoms with Crippen LogP contribution in [0.25, 0.3) is 0 Å². The van der Waals surface area contributed by atoms with E-state index in [0.29, 0.717) is 0 Å². The smallest absolute Gasteiger partial charge is 0.0447 e. The molecule has 0 saturated heterocycles. The number of nitrogens with zero attached hydrogens (tertiary/aromatic N) is 1. The Kier molecular flexibility index (Phi) is 4.00. The summed E-state index contributed by atoms with van der Waals surface area (Å²) in [7, 11) is 0. The molecular formula is C14H15NS. The number of rotatable bonds is 4. The van der Waals surface area contributed by atoms with Crippen molar-refractivity contribution in [1.29, 1.82) is 0 Å². The topological polar surface area (TPSA) is 12.9 Å². The first-order valence-corrected chi connectivity index (χ1v) is 6.49. The highest BCUT2D eigenvalue weighted by Gasteiger charge is 2.02. The van der Waals surface area contributed by atoms with Crippen molar-refractivity contribution in [3.05, 3.63) is 59.9 Å². The van der Waals surface area contributed by atoms with Crippen LogP contribution in [0, 0.1) is 0 Å². The highest BCUT2D eigenvalue weighted by molar-refractivity contribution is 7.99. The molecule has 2 aromatic rings. The van der Waals surface area contributed by atoms with Crippen LogP contribution in [0.5, 0.6) is 0 Å². The van der Waals surface area contributed by atoms with Gasteiger partial charge < -0.3 is 0 Å². The highest BCUT2D eigenvalue weighted by atomic mass is 32.2. The van der Waals surface area contributed by atoms with Crippen LogP contribution >= 0.6 is 11.8 Å². The van der Waals surface area contributed by atoms with Gasteiger partial charge in [0.25, 0.3) is 0 Å². The van der Waals surface area contributed by atoms with Crippen molar-refractivity contribution >= 4 is 11.8 Å². The number of pyridine rings is 1. The molecule has 0 aliphatic carbocycles. The van der Waals surface area contributed by atoms with Gasteiger partial charge in [-0.3, -0.25) is 4.98 Å². The molecule has 2 rings (SSSR count). The van der Waals surface area contributed by atoms with Gasteiger partial charge in [-0.25, -0.2) is 0 Å². The van der Waals surface area contributed by atoms with E-state index in [1.165, 1.54) is 10.5 Å². The second kappa shape index (κ2) is 5.71. The average molecular weight is 229 g/mol. The quantitative estimate of drug-likeness (QED) is 0.740. The normalized spacial score (nSPS) is 10.3. The predicted molar refractivity (Wildman–Crippen MR) is 69.9 cm³/mol. The third-order valence-corrected chi connectivity index (χ3v) is 3.37. The lowest BCUT2D eigenvalue weighted by atomic mass is 10.1. The van der Waals surface area contributed by atoms with Gasteiger partial charge in [0.05, 0.1) is 0 Å². The van der Waals surface area contributed by atoms with E-state index < -0.39 is 0 Å². The van der Waals surface area contributed by atoms with Crippen LogP contribution in [-0.2, 0) is 6.42 Å². The van der Waals surface area contributed by atoms with E-state index in [1.807, 2.05) is 30.1 Å². The minimum absolute atomic E-state index is 0.921. The van der Waals surface area contributed by atoms with Gasteiger partial charge >= 0.3 is 0 Å². The number of hydrogen-bond donors (Lipinski definition) is 0. The molecule has 82 valence electrons. The maximum Gasteiger partial charge on any atom is 0.0447 e. The Bertz CT molecular complexity index is 439. The third-order valence-electron chi connectivity index (χ3n) is 2.37. The van der Waals surface area contributed by atoms with Crippen molar-refractivity contribution in [1.82, 2.24) is 4.98 Å². The molecule has 1 heterocycles. The fourth-order valence-electron chi connectivity index (χ4n) is 1.64. The molecule has 0 atom stereocenters. The maximum atomic E-state index is 4.37. The fourth-order valence-corrected chi connectivity index (χ4v) is 2.46. The molecule has 0 fully saturated rings. The van der Waals surface area contributed by atoms with Crippen LogP contribution in [0.1, 0.15) is 18.2 Å². The maximum absolute atomic E-state index is 4.37. The second-order valence-electron chi connectivity index (χ2n) is 3.54. The van der Waals surface area contributed by atoms with Crippen molar-refractivity contribution in [2.24, 2.45) is 0 Å². The van der Waals surface area contributed by atoms with Gasteiger partial charge in [-0.15, -0.1) is 11.8 Å². The molecule has 0 saturated carbocycles. The summed E-state index contributed by atoms with van der Waals surface area (Å²) in [6, 6.07) is 14.6. The summed E-state index contributed by atoms with van der Waals surface area (Å²) in [4.78, 5) is 5.74. The van der Waals surface area contributed by atoms with Gasteiger partial charge in [-0.05, 0) is 29.5 Å². The first-order chi connectivity index (χ1) is 7.90. The third kappa shape index (κ3) is 2.86. The van der Waals surface area contributed by atoms with Crippen LogP contribution in [0.3, 0.4) is 0 Å². The lowest BCUT2D eigenvalue weighted by Crippen LogP contribution is -1.93. The van der Waals surface area contributed by atoms with Gasteiger partial charge in [0.1, 0.15) is 0 Å². The van der Waals surface area contributed by atoms with E-state index in [-0.39, 0.29) is 0 Å². The van der Waals surface area contributed by atoms with Crippen molar-refractivity contribution in [2.45, 2.75) is 18.2 Å². The molecule has 1 aromatic carbocycles. The highest BCUT2D eigenvalue weighted by Crippen LogP contribution is 2.23. The minimum atomic E-state index is 0.921. The minimum Gasteiger partial charge on any atom is -0.261 e. The SMILES string of the molecule is CCSc1ccccc1Cc1ccccn1. The molecule has 0 bridgehead atoms. The van der Waals surface area contributed by atoms with Crippen molar-refractivity contribution in [2.75, 3.05) is 5.75 Å². The molecule has 0 aliphatic heterocycles. The number of thioether (sulfide) groups is 1. The Morgan fingerprint density at radius 2 is 1.88 bits per heavy atom. The zero-order valence-corrected chi connectivity index (χ0v) is 10.2. The van der Waals surface area contributed by atoms with Crippen LogP contribution in [-0.4, -0.2) is 10.7 Å². The van der Waals surface area contributed by atoms with Crippen LogP contribution in [0.15, 0.2) is 53.6 Å². The van der Waals surface area contributed by atoms with E-state index in [9.17, 15) is 0 Å². The summed E-state index contributed by atoms with van der Waals surface area (Å²) >= 11 is 1.89. The lowest BCUT2D eigenvalue weighted by Gasteiger charge is -2.07. The molecule has 16 heavy (non-hydrogen) atoms. The van der Waals surface area contributed by atoms with E-state index >= 15 is 0 Å². The zero-order chi connectivity index (χ0) is 11.2. The van der Waals surface area contributed by atoms with Crippen LogP contribution in [0.4, 0.5) is 0 Å². The predicted octanol–water partition coefficient (Wildman–Crippen LogP) is 3.78. The Balaban J connectivity index is 2.21. The summed E-state index contributed by atoms with van der Waals surface area (Å²) < 4.78 is 0. The number of aromatic nitrogens is 1. The molecule has 2 heteroatoms. The summed E-state index contributed by atoms with van der Waals surface area (Å²) in [5.74, 6) is 1.11. The molecule has 0 aliphatic rings. The molecule has 0 radical (unpaired) electrons. The fraction of sp³-hybridized carbons (Fsp3) is 0.214. The van der Waals surface area contributed by atoms with Crippen LogP contribution in [0.2, 0.25) is 0 Å². The second-order valence-corrected chi connectivity index (χ2v) is 4.84. The summed E-state index contributed by atoms with van der Waals surface area (Å²) in [5, 5.41) is 0. The molecule has 0 N–H and O–H groups in total. The number of benzene rings is 1.